The minimum absolute atomic E-state index is 0.0762. The number of aromatic nitrogens is 2. The van der Waals surface area contributed by atoms with E-state index in [1.54, 1.807) is 6.20 Å². The van der Waals surface area contributed by atoms with Gasteiger partial charge < -0.3 is 15.4 Å². The molecule has 4 heterocycles. The van der Waals surface area contributed by atoms with E-state index in [9.17, 15) is 4.79 Å². The number of Topliss-reactive ketones (excluding diaryl/α,β-unsaturated/α-hetero) is 1. The molecule has 2 aromatic heterocycles. The standard InChI is InChI=1S/C23H29ClN4O2/c24-20-15-26-17(12-22(29)16-5-4-9-25-13-16)11-19(20)21-7-3-8-23(28-21)27-14-18-6-1-2-10-30-18/h3,7-8,11,15-16,18,25H,1-2,4-6,9-10,12-14H2,(H,27,28)/t16-,18?/m1/s1. The van der Waals surface area contributed by atoms with E-state index in [1.165, 1.54) is 6.42 Å². The molecule has 2 fully saturated rings. The molecule has 0 aliphatic carbocycles. The maximum absolute atomic E-state index is 12.6. The van der Waals surface area contributed by atoms with Gasteiger partial charge in [0.15, 0.2) is 0 Å². The Labute approximate surface area is 182 Å². The lowest BCUT2D eigenvalue weighted by atomic mass is 9.92. The van der Waals surface area contributed by atoms with Crippen LogP contribution in [0.1, 0.15) is 37.8 Å². The number of carbonyl (C=O) groups is 1. The predicted octanol–water partition coefficient (Wildman–Crippen LogP) is 3.89. The molecule has 30 heavy (non-hydrogen) atoms. The summed E-state index contributed by atoms with van der Waals surface area (Å²) in [7, 11) is 0. The zero-order valence-electron chi connectivity index (χ0n) is 17.2. The van der Waals surface area contributed by atoms with E-state index in [-0.39, 0.29) is 17.8 Å². The molecule has 0 bridgehead atoms. The van der Waals surface area contributed by atoms with Crippen molar-refractivity contribution in [2.24, 2.45) is 5.92 Å². The van der Waals surface area contributed by atoms with Gasteiger partial charge in [0.2, 0.25) is 0 Å². The number of nitrogens with zero attached hydrogens (tertiary/aromatic N) is 2. The number of hydrogen-bond donors (Lipinski definition) is 2. The second kappa shape index (κ2) is 10.3. The van der Waals surface area contributed by atoms with E-state index in [0.29, 0.717) is 11.4 Å². The fourth-order valence-corrected chi connectivity index (χ4v) is 4.29. The first kappa shape index (κ1) is 21.2. The summed E-state index contributed by atoms with van der Waals surface area (Å²) in [5.74, 6) is 1.10. The van der Waals surface area contributed by atoms with Crippen molar-refractivity contribution in [2.75, 3.05) is 31.6 Å². The van der Waals surface area contributed by atoms with Crippen LogP contribution in [-0.2, 0) is 16.0 Å². The van der Waals surface area contributed by atoms with Gasteiger partial charge in [-0.2, -0.15) is 0 Å². The second-order valence-corrected chi connectivity index (χ2v) is 8.53. The normalized spacial score (nSPS) is 21.9. The maximum atomic E-state index is 12.6. The van der Waals surface area contributed by atoms with Crippen molar-refractivity contribution in [3.05, 3.63) is 41.2 Å². The number of nitrogens with one attached hydrogen (secondary N) is 2. The van der Waals surface area contributed by atoms with Crippen molar-refractivity contribution in [1.82, 2.24) is 15.3 Å². The first-order chi connectivity index (χ1) is 14.7. The van der Waals surface area contributed by atoms with E-state index in [4.69, 9.17) is 21.3 Å². The Balaban J connectivity index is 1.45. The van der Waals surface area contributed by atoms with Crippen LogP contribution in [0.2, 0.25) is 5.02 Å². The van der Waals surface area contributed by atoms with Crippen molar-refractivity contribution in [3.63, 3.8) is 0 Å². The van der Waals surface area contributed by atoms with Crippen LogP contribution in [0.4, 0.5) is 5.82 Å². The van der Waals surface area contributed by atoms with E-state index in [0.717, 1.165) is 74.7 Å². The lowest BCUT2D eigenvalue weighted by Gasteiger charge is -2.23. The Morgan fingerprint density at radius 3 is 3.00 bits per heavy atom. The van der Waals surface area contributed by atoms with E-state index in [1.807, 2.05) is 24.3 Å². The lowest BCUT2D eigenvalue weighted by Crippen LogP contribution is -2.35. The monoisotopic (exact) mass is 428 g/mol. The Kier molecular flexibility index (Phi) is 7.31. The van der Waals surface area contributed by atoms with Gasteiger partial charge in [0.05, 0.1) is 16.8 Å². The molecule has 2 aliphatic rings. The first-order valence-corrected chi connectivity index (χ1v) is 11.3. The molecule has 2 atom stereocenters. The molecule has 2 N–H and O–H groups in total. The first-order valence-electron chi connectivity index (χ1n) is 10.9. The Hall–Kier alpha value is -2.02. The van der Waals surface area contributed by atoms with Crippen molar-refractivity contribution < 1.29 is 9.53 Å². The predicted molar refractivity (Wildman–Crippen MR) is 119 cm³/mol. The van der Waals surface area contributed by atoms with Crippen LogP contribution in [0.15, 0.2) is 30.5 Å². The molecule has 160 valence electrons. The molecular weight excluding hydrogens is 400 g/mol. The van der Waals surface area contributed by atoms with Crippen LogP contribution in [0.25, 0.3) is 11.3 Å². The highest BCUT2D eigenvalue weighted by molar-refractivity contribution is 6.33. The van der Waals surface area contributed by atoms with Crippen molar-refractivity contribution >= 4 is 23.2 Å². The van der Waals surface area contributed by atoms with Crippen LogP contribution < -0.4 is 10.6 Å². The molecule has 0 aromatic carbocycles. The molecule has 0 amide bonds. The number of halogens is 1. The van der Waals surface area contributed by atoms with E-state index in [2.05, 4.69) is 15.6 Å². The maximum Gasteiger partial charge on any atom is 0.143 e. The average molecular weight is 429 g/mol. The summed E-state index contributed by atoms with van der Waals surface area (Å²) in [5.41, 5.74) is 2.31. The third-order valence-corrected chi connectivity index (χ3v) is 6.13. The van der Waals surface area contributed by atoms with Crippen molar-refractivity contribution in [3.8, 4) is 11.3 Å². The minimum atomic E-state index is 0.0762. The smallest absolute Gasteiger partial charge is 0.143 e. The molecule has 2 aromatic rings. The van der Waals surface area contributed by atoms with Crippen LogP contribution >= 0.6 is 11.6 Å². The molecule has 6 nitrogen and oxygen atoms in total. The van der Waals surface area contributed by atoms with Gasteiger partial charge >= 0.3 is 0 Å². The Bertz CT molecular complexity index is 864. The lowest BCUT2D eigenvalue weighted by molar-refractivity contribution is -0.122. The quantitative estimate of drug-likeness (QED) is 0.696. The van der Waals surface area contributed by atoms with Gasteiger partial charge in [-0.15, -0.1) is 0 Å². The molecule has 2 saturated heterocycles. The minimum Gasteiger partial charge on any atom is -0.376 e. The number of ether oxygens (including phenoxy) is 1. The third-order valence-electron chi connectivity index (χ3n) is 5.83. The molecule has 4 rings (SSSR count). The van der Waals surface area contributed by atoms with Gasteiger partial charge in [-0.05, 0) is 56.8 Å². The molecule has 0 radical (unpaired) electrons. The van der Waals surface area contributed by atoms with Gasteiger partial charge in [-0.25, -0.2) is 4.98 Å². The summed E-state index contributed by atoms with van der Waals surface area (Å²) in [6.07, 6.45) is 7.62. The number of ketones is 1. The zero-order chi connectivity index (χ0) is 20.8. The molecule has 7 heteroatoms. The highest BCUT2D eigenvalue weighted by Crippen LogP contribution is 2.28. The fourth-order valence-electron chi connectivity index (χ4n) is 4.09. The molecule has 1 unspecified atom stereocenters. The second-order valence-electron chi connectivity index (χ2n) is 8.12. The van der Waals surface area contributed by atoms with Crippen molar-refractivity contribution in [2.45, 2.75) is 44.6 Å². The molecule has 2 aliphatic heterocycles. The van der Waals surface area contributed by atoms with Crippen LogP contribution in [0.3, 0.4) is 0 Å². The zero-order valence-corrected chi connectivity index (χ0v) is 18.0. The Morgan fingerprint density at radius 2 is 2.20 bits per heavy atom. The van der Waals surface area contributed by atoms with Crippen LogP contribution in [0.5, 0.6) is 0 Å². The highest BCUT2D eigenvalue weighted by atomic mass is 35.5. The third kappa shape index (κ3) is 5.56. The summed E-state index contributed by atoms with van der Waals surface area (Å²) in [6.45, 7) is 3.34. The van der Waals surface area contributed by atoms with Gasteiger partial charge in [0.1, 0.15) is 11.6 Å². The number of pyridine rings is 2. The summed E-state index contributed by atoms with van der Waals surface area (Å²) in [4.78, 5) is 21.7. The summed E-state index contributed by atoms with van der Waals surface area (Å²) >= 11 is 6.43. The summed E-state index contributed by atoms with van der Waals surface area (Å²) in [5, 5.41) is 7.21. The Morgan fingerprint density at radius 1 is 1.27 bits per heavy atom. The average Bonchev–Trinajstić information content (AvgIpc) is 2.80. The largest absolute Gasteiger partial charge is 0.376 e. The number of piperidine rings is 1. The van der Waals surface area contributed by atoms with Gasteiger partial charge in [-0.3, -0.25) is 9.78 Å². The van der Waals surface area contributed by atoms with Gasteiger partial charge in [0.25, 0.3) is 0 Å². The van der Waals surface area contributed by atoms with Gasteiger partial charge in [-0.1, -0.05) is 17.7 Å². The topological polar surface area (TPSA) is 76.1 Å². The number of carbonyl (C=O) groups excluding carboxylic acids is 1. The fraction of sp³-hybridized carbons (Fsp3) is 0.522. The highest BCUT2D eigenvalue weighted by Gasteiger charge is 2.22. The number of hydrogen-bond acceptors (Lipinski definition) is 6. The van der Waals surface area contributed by atoms with Crippen molar-refractivity contribution in [1.29, 1.82) is 0 Å². The van der Waals surface area contributed by atoms with Crippen LogP contribution in [0, 0.1) is 5.92 Å². The SMILES string of the molecule is O=C(Cc1cc(-c2cccc(NCC3CCCCO3)n2)c(Cl)cn1)[C@@H]1CCCNC1. The summed E-state index contributed by atoms with van der Waals surface area (Å²) < 4.78 is 5.78. The molecule has 0 saturated carbocycles. The molecule has 0 spiro atoms. The summed E-state index contributed by atoms with van der Waals surface area (Å²) in [6, 6.07) is 7.73. The van der Waals surface area contributed by atoms with E-state index < -0.39 is 0 Å². The molecular formula is C23H29ClN4O2. The van der Waals surface area contributed by atoms with E-state index >= 15 is 0 Å². The van der Waals surface area contributed by atoms with Crippen LogP contribution in [-0.4, -0.2) is 48.1 Å². The number of rotatable bonds is 7. The van der Waals surface area contributed by atoms with Gasteiger partial charge in [0, 0.05) is 49.5 Å². The number of anilines is 1.